The molecule has 0 saturated heterocycles. The highest BCUT2D eigenvalue weighted by molar-refractivity contribution is 8.27. The molecule has 0 aliphatic heterocycles. The van der Waals surface area contributed by atoms with E-state index in [4.69, 9.17) is 10.00 Å². The van der Waals surface area contributed by atoms with Crippen LogP contribution in [0.3, 0.4) is 0 Å². The van der Waals surface area contributed by atoms with E-state index in [1.54, 1.807) is 10.8 Å². The summed E-state index contributed by atoms with van der Waals surface area (Å²) in [6.45, 7) is 0. The molecule has 8 heteroatoms. The first-order valence-electron chi connectivity index (χ1n) is 7.76. The number of benzene rings is 2. The Hall–Kier alpha value is -3.54. The Morgan fingerprint density at radius 2 is 1.81 bits per heavy atom. The van der Waals surface area contributed by atoms with Crippen LogP contribution >= 0.6 is 0 Å². The molecule has 2 aromatic carbocycles. The molecule has 134 valence electrons. The Bertz CT molecular complexity index is 1180. The van der Waals surface area contributed by atoms with Crippen molar-refractivity contribution in [3.8, 4) is 28.4 Å². The first-order valence-corrected chi connectivity index (χ1v) is 10.1. The molecule has 0 heterocycles. The third-order valence-corrected chi connectivity index (χ3v) is 6.59. The number of ketones is 1. The SMILES string of the molecule is CS(=O)(C#N)(C#N)c1ccc(Oc2cc(F)cc(C#N)c2)c2c1C(=O)CC2. The molecule has 1 aliphatic carbocycles. The van der Waals surface area contributed by atoms with Crippen molar-refractivity contribution in [3.05, 3.63) is 52.8 Å². The van der Waals surface area contributed by atoms with Crippen LogP contribution in [0.4, 0.5) is 4.39 Å². The van der Waals surface area contributed by atoms with Crippen LogP contribution < -0.4 is 4.74 Å². The molecule has 0 aromatic heterocycles. The molecule has 0 saturated carbocycles. The van der Waals surface area contributed by atoms with Gasteiger partial charge in [-0.05, 0) is 30.7 Å². The lowest BCUT2D eigenvalue weighted by Crippen LogP contribution is -2.28. The van der Waals surface area contributed by atoms with Crippen molar-refractivity contribution in [3.63, 3.8) is 0 Å². The molecule has 0 fully saturated rings. The highest BCUT2D eigenvalue weighted by Crippen LogP contribution is 2.43. The average Bonchev–Trinajstić information content (AvgIpc) is 3.04. The summed E-state index contributed by atoms with van der Waals surface area (Å²) in [7, 11) is -4.53. The van der Waals surface area contributed by atoms with Crippen LogP contribution in [0.5, 0.6) is 11.5 Å². The highest BCUT2D eigenvalue weighted by atomic mass is 32.3. The molecule has 27 heavy (non-hydrogen) atoms. The van der Waals surface area contributed by atoms with Crippen molar-refractivity contribution in [1.82, 2.24) is 0 Å². The summed E-state index contributed by atoms with van der Waals surface area (Å²) in [6.07, 6.45) is 1.43. The van der Waals surface area contributed by atoms with E-state index in [-0.39, 0.29) is 46.1 Å². The Balaban J connectivity index is 2.18. The molecule has 0 spiro atoms. The first-order chi connectivity index (χ1) is 12.7. The van der Waals surface area contributed by atoms with E-state index in [9.17, 15) is 23.9 Å². The lowest BCUT2D eigenvalue weighted by molar-refractivity contribution is 0.0992. The number of fused-ring (bicyclic) bond motifs is 1. The number of carbonyl (C=O) groups is 1. The van der Waals surface area contributed by atoms with Gasteiger partial charge in [-0.3, -0.25) is 9.00 Å². The van der Waals surface area contributed by atoms with Crippen molar-refractivity contribution < 1.29 is 18.1 Å². The monoisotopic (exact) mass is 381 g/mol. The van der Waals surface area contributed by atoms with E-state index < -0.39 is 14.9 Å². The standard InChI is InChI=1S/C19H12FN3O3S/c1-27(25,10-22,11-23)18-5-4-17(15-2-3-16(24)19(15)18)26-14-7-12(9-21)6-13(20)8-14/h4-8H,2-3H2,1H3. The molecular weight excluding hydrogens is 369 g/mol. The maximum absolute atomic E-state index is 13.6. The molecular formula is C19H12FN3O3S. The normalized spacial score (nSPS) is 14.2. The Morgan fingerprint density at radius 3 is 2.44 bits per heavy atom. The fourth-order valence-electron chi connectivity index (χ4n) is 2.96. The minimum atomic E-state index is -4.53. The quantitative estimate of drug-likeness (QED) is 0.753. The van der Waals surface area contributed by atoms with Gasteiger partial charge in [-0.1, -0.05) is 0 Å². The third kappa shape index (κ3) is 2.95. The van der Waals surface area contributed by atoms with Gasteiger partial charge in [-0.15, -0.1) is 0 Å². The molecule has 1 aliphatic rings. The first kappa shape index (κ1) is 18.3. The largest absolute Gasteiger partial charge is 0.457 e. The number of Topliss-reactive ketones (excluding diaryl/α,β-unsaturated/α-hetero) is 1. The van der Waals surface area contributed by atoms with Crippen molar-refractivity contribution in [2.45, 2.75) is 17.7 Å². The van der Waals surface area contributed by atoms with Crippen LogP contribution in [0.2, 0.25) is 0 Å². The summed E-state index contributed by atoms with van der Waals surface area (Å²) in [5.41, 5.74) is 0.527. The zero-order valence-electron chi connectivity index (χ0n) is 14.2. The van der Waals surface area contributed by atoms with Crippen LogP contribution in [-0.2, 0) is 15.5 Å². The van der Waals surface area contributed by atoms with Gasteiger partial charge in [-0.2, -0.15) is 15.8 Å². The Labute approximate surface area is 154 Å². The zero-order chi connectivity index (χ0) is 19.8. The fraction of sp³-hybridized carbons (Fsp3) is 0.158. The molecule has 6 nitrogen and oxygen atoms in total. The number of rotatable bonds is 3. The van der Waals surface area contributed by atoms with Crippen LogP contribution in [-0.4, -0.2) is 16.2 Å². The second-order valence-corrected chi connectivity index (χ2v) is 9.72. The summed E-state index contributed by atoms with van der Waals surface area (Å²) in [6, 6.07) is 7.98. The summed E-state index contributed by atoms with van der Waals surface area (Å²) < 4.78 is 32.3. The number of nitriles is 3. The molecule has 0 N–H and O–H groups in total. The van der Waals surface area contributed by atoms with Gasteiger partial charge in [0, 0.05) is 29.9 Å². The van der Waals surface area contributed by atoms with Crippen molar-refractivity contribution in [2.24, 2.45) is 0 Å². The summed E-state index contributed by atoms with van der Waals surface area (Å²) >= 11 is 0. The second-order valence-electron chi connectivity index (χ2n) is 6.25. The van der Waals surface area contributed by atoms with Gasteiger partial charge in [0.2, 0.25) is 0 Å². The molecule has 0 atom stereocenters. The van der Waals surface area contributed by atoms with Gasteiger partial charge in [0.15, 0.2) is 16.6 Å². The molecule has 0 radical (unpaired) electrons. The van der Waals surface area contributed by atoms with E-state index in [2.05, 4.69) is 0 Å². The predicted molar refractivity (Wildman–Crippen MR) is 93.8 cm³/mol. The van der Waals surface area contributed by atoms with E-state index >= 15 is 0 Å². The maximum Gasteiger partial charge on any atom is 0.164 e. The van der Waals surface area contributed by atoms with Gasteiger partial charge < -0.3 is 4.74 Å². The van der Waals surface area contributed by atoms with E-state index in [0.29, 0.717) is 5.56 Å². The lowest BCUT2D eigenvalue weighted by atomic mass is 10.1. The topological polar surface area (TPSA) is 115 Å². The molecule has 0 bridgehead atoms. The molecule has 0 amide bonds. The van der Waals surface area contributed by atoms with Gasteiger partial charge in [0.05, 0.1) is 25.6 Å². The number of ether oxygens (including phenoxy) is 1. The minimum Gasteiger partial charge on any atom is -0.457 e. The number of hydrogen-bond donors (Lipinski definition) is 0. The summed E-state index contributed by atoms with van der Waals surface area (Å²) in [5.74, 6) is -0.706. The van der Waals surface area contributed by atoms with Gasteiger partial charge in [0.1, 0.15) is 17.3 Å². The zero-order valence-corrected chi connectivity index (χ0v) is 15.0. The van der Waals surface area contributed by atoms with Crippen molar-refractivity contribution in [1.29, 1.82) is 15.8 Å². The Morgan fingerprint density at radius 1 is 1.11 bits per heavy atom. The third-order valence-electron chi connectivity index (χ3n) is 4.31. The van der Waals surface area contributed by atoms with Crippen molar-refractivity contribution in [2.75, 3.05) is 6.26 Å². The van der Waals surface area contributed by atoms with E-state index in [0.717, 1.165) is 18.4 Å². The second kappa shape index (κ2) is 6.02. The van der Waals surface area contributed by atoms with E-state index in [1.165, 1.54) is 18.2 Å². The fourth-order valence-corrected chi connectivity index (χ4v) is 4.32. The average molecular weight is 381 g/mol. The van der Waals surface area contributed by atoms with Gasteiger partial charge >= 0.3 is 0 Å². The van der Waals surface area contributed by atoms with E-state index in [1.807, 2.05) is 6.07 Å². The number of thiocyanates is 2. The van der Waals surface area contributed by atoms with Crippen LogP contribution in [0.25, 0.3) is 0 Å². The number of carbonyl (C=O) groups excluding carboxylic acids is 1. The van der Waals surface area contributed by atoms with Gasteiger partial charge in [-0.25, -0.2) is 4.39 Å². The van der Waals surface area contributed by atoms with Crippen LogP contribution in [0.15, 0.2) is 35.2 Å². The molecule has 0 unspecified atom stereocenters. The Kier molecular flexibility index (Phi) is 4.07. The number of nitrogens with zero attached hydrogens (tertiary/aromatic N) is 3. The summed E-state index contributed by atoms with van der Waals surface area (Å²) in [5, 5.41) is 30.8. The molecule has 3 rings (SSSR count). The van der Waals surface area contributed by atoms with Crippen LogP contribution in [0.1, 0.15) is 27.9 Å². The maximum atomic E-state index is 13.6. The minimum absolute atomic E-state index is 0.0482. The van der Waals surface area contributed by atoms with Crippen LogP contribution in [0, 0.1) is 38.5 Å². The summed E-state index contributed by atoms with van der Waals surface area (Å²) in [4.78, 5) is 12.3. The lowest BCUT2D eigenvalue weighted by Gasteiger charge is -2.25. The van der Waals surface area contributed by atoms with Crippen molar-refractivity contribution >= 4 is 14.8 Å². The number of halogens is 1. The smallest absolute Gasteiger partial charge is 0.164 e. The van der Waals surface area contributed by atoms with Gasteiger partial charge in [0.25, 0.3) is 0 Å². The number of hydrogen-bond acceptors (Lipinski definition) is 6. The predicted octanol–water partition coefficient (Wildman–Crippen LogP) is 3.39. The molecule has 2 aromatic rings. The highest BCUT2D eigenvalue weighted by Gasteiger charge is 2.41.